The summed E-state index contributed by atoms with van der Waals surface area (Å²) in [6.07, 6.45) is 4.76. The van der Waals surface area contributed by atoms with Crippen molar-refractivity contribution in [2.24, 2.45) is 0 Å². The van der Waals surface area contributed by atoms with E-state index in [2.05, 4.69) is 10.0 Å². The third-order valence-corrected chi connectivity index (χ3v) is 4.65. The van der Waals surface area contributed by atoms with Crippen molar-refractivity contribution in [3.63, 3.8) is 0 Å². The van der Waals surface area contributed by atoms with Gasteiger partial charge in [-0.25, -0.2) is 13.1 Å². The Morgan fingerprint density at radius 3 is 2.71 bits per heavy atom. The van der Waals surface area contributed by atoms with Crippen LogP contribution < -0.4 is 10.0 Å². The number of hydrogen-bond donors (Lipinski definition) is 2. The molecular weight excluding hydrogens is 294 g/mol. The lowest BCUT2D eigenvalue weighted by molar-refractivity contribution is -0.140. The molecular formula is C13H25N3O4S. The maximum atomic E-state index is 12.2. The molecule has 0 aromatic heterocycles. The molecule has 0 bridgehead atoms. The van der Waals surface area contributed by atoms with Crippen molar-refractivity contribution in [3.05, 3.63) is 0 Å². The molecule has 0 saturated carbocycles. The molecule has 2 rings (SSSR count). The van der Waals surface area contributed by atoms with E-state index < -0.39 is 10.0 Å². The highest BCUT2D eigenvalue weighted by atomic mass is 32.2. The number of piperidine rings is 2. The van der Waals surface area contributed by atoms with Gasteiger partial charge in [0.2, 0.25) is 15.9 Å². The number of amides is 1. The Morgan fingerprint density at radius 2 is 2.05 bits per heavy atom. The highest BCUT2D eigenvalue weighted by molar-refractivity contribution is 7.88. The fourth-order valence-corrected chi connectivity index (χ4v) is 3.64. The summed E-state index contributed by atoms with van der Waals surface area (Å²) in [4.78, 5) is 13.9. The zero-order chi connectivity index (χ0) is 15.3. The number of rotatable bonds is 5. The van der Waals surface area contributed by atoms with Crippen molar-refractivity contribution >= 4 is 15.9 Å². The molecule has 7 nitrogen and oxygen atoms in total. The molecule has 2 aliphatic heterocycles. The zero-order valence-electron chi connectivity index (χ0n) is 12.5. The Balaban J connectivity index is 1.76. The normalized spacial score (nSPS) is 25.0. The topological polar surface area (TPSA) is 87.7 Å². The van der Waals surface area contributed by atoms with Gasteiger partial charge >= 0.3 is 0 Å². The second kappa shape index (κ2) is 7.53. The van der Waals surface area contributed by atoms with Crippen LogP contribution in [0.15, 0.2) is 0 Å². The number of nitrogens with one attached hydrogen (secondary N) is 2. The van der Waals surface area contributed by atoms with Crippen LogP contribution in [-0.4, -0.2) is 70.4 Å². The van der Waals surface area contributed by atoms with Gasteiger partial charge in [-0.15, -0.1) is 0 Å². The van der Waals surface area contributed by atoms with E-state index in [0.717, 1.165) is 45.0 Å². The van der Waals surface area contributed by atoms with E-state index in [1.54, 1.807) is 4.90 Å². The Hall–Kier alpha value is -0.700. The van der Waals surface area contributed by atoms with Crippen LogP contribution in [0.3, 0.4) is 0 Å². The number of carbonyl (C=O) groups excluding carboxylic acids is 1. The van der Waals surface area contributed by atoms with E-state index in [1.165, 1.54) is 0 Å². The lowest BCUT2D eigenvalue weighted by Gasteiger charge is -2.33. The lowest BCUT2D eigenvalue weighted by atomic mass is 10.1. The highest BCUT2D eigenvalue weighted by Crippen LogP contribution is 2.12. The minimum Gasteiger partial charge on any atom is -0.368 e. The van der Waals surface area contributed by atoms with Gasteiger partial charge in [0.1, 0.15) is 6.61 Å². The quantitative estimate of drug-likeness (QED) is 0.699. The highest BCUT2D eigenvalue weighted by Gasteiger charge is 2.26. The van der Waals surface area contributed by atoms with Crippen molar-refractivity contribution in [2.75, 3.05) is 39.0 Å². The van der Waals surface area contributed by atoms with Crippen LogP contribution in [0.1, 0.15) is 25.7 Å². The first-order chi connectivity index (χ1) is 9.94. The summed E-state index contributed by atoms with van der Waals surface area (Å²) in [5, 5.41) is 3.25. The molecule has 0 spiro atoms. The van der Waals surface area contributed by atoms with Crippen LogP contribution in [0, 0.1) is 0 Å². The van der Waals surface area contributed by atoms with Gasteiger partial charge in [0, 0.05) is 19.1 Å². The van der Waals surface area contributed by atoms with E-state index in [9.17, 15) is 13.2 Å². The molecule has 2 heterocycles. The van der Waals surface area contributed by atoms with E-state index in [0.29, 0.717) is 13.1 Å². The first kappa shape index (κ1) is 16.7. The van der Waals surface area contributed by atoms with E-state index in [4.69, 9.17) is 4.74 Å². The van der Waals surface area contributed by atoms with Gasteiger partial charge < -0.3 is 15.0 Å². The molecule has 0 aliphatic carbocycles. The second-order valence-corrected chi connectivity index (χ2v) is 7.61. The number of nitrogens with zero attached hydrogens (tertiary/aromatic N) is 1. The van der Waals surface area contributed by atoms with Gasteiger partial charge in [0.15, 0.2) is 0 Å². The molecule has 2 fully saturated rings. The zero-order valence-corrected chi connectivity index (χ0v) is 13.3. The van der Waals surface area contributed by atoms with Gasteiger partial charge in [-0.05, 0) is 38.8 Å². The summed E-state index contributed by atoms with van der Waals surface area (Å²) in [7, 11) is -3.23. The van der Waals surface area contributed by atoms with Gasteiger partial charge in [0.05, 0.1) is 12.4 Å². The molecule has 122 valence electrons. The largest absolute Gasteiger partial charge is 0.368 e. The Bertz CT molecular complexity index is 448. The molecule has 0 aromatic rings. The van der Waals surface area contributed by atoms with Crippen LogP contribution in [0.5, 0.6) is 0 Å². The van der Waals surface area contributed by atoms with Crippen molar-refractivity contribution in [1.82, 2.24) is 14.9 Å². The predicted octanol–water partition coefficient (Wildman–Crippen LogP) is -0.705. The lowest BCUT2D eigenvalue weighted by Crippen LogP contribution is -2.50. The average molecular weight is 319 g/mol. The minimum absolute atomic E-state index is 0.0477. The van der Waals surface area contributed by atoms with Crippen molar-refractivity contribution < 1.29 is 17.9 Å². The van der Waals surface area contributed by atoms with Crippen molar-refractivity contribution in [2.45, 2.75) is 37.8 Å². The van der Waals surface area contributed by atoms with Crippen LogP contribution in [-0.2, 0) is 19.6 Å². The van der Waals surface area contributed by atoms with Crippen LogP contribution in [0.25, 0.3) is 0 Å². The number of ether oxygens (including phenoxy) is 1. The Labute approximate surface area is 126 Å². The third-order valence-electron chi connectivity index (χ3n) is 3.88. The molecule has 0 radical (unpaired) electrons. The smallest absolute Gasteiger partial charge is 0.248 e. The molecule has 21 heavy (non-hydrogen) atoms. The summed E-state index contributed by atoms with van der Waals surface area (Å²) in [6.45, 7) is 3.07. The molecule has 2 saturated heterocycles. The van der Waals surface area contributed by atoms with Crippen LogP contribution in [0.2, 0.25) is 0 Å². The average Bonchev–Trinajstić information content (AvgIpc) is 2.44. The molecule has 1 unspecified atom stereocenters. The Morgan fingerprint density at radius 1 is 1.33 bits per heavy atom. The molecule has 1 amide bonds. The monoisotopic (exact) mass is 319 g/mol. The third kappa shape index (κ3) is 5.90. The fourth-order valence-electron chi connectivity index (χ4n) is 2.85. The summed E-state index contributed by atoms with van der Waals surface area (Å²) in [5.41, 5.74) is 0. The number of hydrogen-bond acceptors (Lipinski definition) is 5. The van der Waals surface area contributed by atoms with Gasteiger partial charge in [-0.2, -0.15) is 0 Å². The summed E-state index contributed by atoms with van der Waals surface area (Å²) >= 11 is 0. The second-order valence-electron chi connectivity index (χ2n) is 5.83. The number of carbonyl (C=O) groups is 1. The van der Waals surface area contributed by atoms with Gasteiger partial charge in [-0.3, -0.25) is 4.79 Å². The molecule has 8 heteroatoms. The van der Waals surface area contributed by atoms with Gasteiger partial charge in [0.25, 0.3) is 0 Å². The van der Waals surface area contributed by atoms with E-state index in [1.807, 2.05) is 0 Å². The summed E-state index contributed by atoms with van der Waals surface area (Å²) in [6, 6.07) is -0.184. The molecule has 2 N–H and O–H groups in total. The SMILES string of the molecule is CS(=O)(=O)NC1CCCN(C(=O)COC2CCNCC2)C1. The fraction of sp³-hybridized carbons (Fsp3) is 0.923. The van der Waals surface area contributed by atoms with Crippen LogP contribution >= 0.6 is 0 Å². The molecule has 1 atom stereocenters. The van der Waals surface area contributed by atoms with Gasteiger partial charge in [-0.1, -0.05) is 0 Å². The van der Waals surface area contributed by atoms with Crippen LogP contribution in [0.4, 0.5) is 0 Å². The van der Waals surface area contributed by atoms with Crippen molar-refractivity contribution in [3.8, 4) is 0 Å². The predicted molar refractivity (Wildman–Crippen MR) is 79.4 cm³/mol. The summed E-state index contributed by atoms with van der Waals surface area (Å²) in [5.74, 6) is -0.0477. The maximum Gasteiger partial charge on any atom is 0.248 e. The number of sulfonamides is 1. The first-order valence-electron chi connectivity index (χ1n) is 7.51. The molecule has 0 aromatic carbocycles. The maximum absolute atomic E-state index is 12.2. The molecule has 2 aliphatic rings. The minimum atomic E-state index is -3.23. The van der Waals surface area contributed by atoms with E-state index >= 15 is 0 Å². The summed E-state index contributed by atoms with van der Waals surface area (Å²) < 4.78 is 30.8. The Kier molecular flexibility index (Phi) is 5.98. The number of likely N-dealkylation sites (tertiary alicyclic amines) is 1. The van der Waals surface area contributed by atoms with E-state index in [-0.39, 0.29) is 24.7 Å². The first-order valence-corrected chi connectivity index (χ1v) is 9.40. The van der Waals surface area contributed by atoms with Crippen molar-refractivity contribution in [1.29, 1.82) is 0 Å². The standard InChI is InChI=1S/C13H25N3O4S/c1-21(18,19)15-11-3-2-8-16(9-11)13(17)10-20-12-4-6-14-7-5-12/h11-12,14-15H,2-10H2,1H3.